The summed E-state index contributed by atoms with van der Waals surface area (Å²) in [5.41, 5.74) is 5.26. The topological polar surface area (TPSA) is 70.4 Å². The molecule has 1 heterocycles. The first-order valence-electron chi connectivity index (χ1n) is 14.1. The summed E-state index contributed by atoms with van der Waals surface area (Å²) in [6, 6.07) is 24.3. The average molecular weight is 586 g/mol. The third-order valence-corrected chi connectivity index (χ3v) is 9.59. The maximum atomic E-state index is 11.5. The number of aliphatic carboxylic acids is 1. The summed E-state index contributed by atoms with van der Waals surface area (Å²) in [6.45, 7) is 3.67. The van der Waals surface area contributed by atoms with Crippen LogP contribution in [-0.2, 0) is 23.2 Å². The van der Waals surface area contributed by atoms with Crippen molar-refractivity contribution in [2.75, 3.05) is 5.75 Å². The smallest absolute Gasteiger partial charge is 0.303 e. The van der Waals surface area contributed by atoms with Gasteiger partial charge in [0.15, 0.2) is 0 Å². The normalized spacial score (nSPS) is 14.5. The summed E-state index contributed by atoms with van der Waals surface area (Å²) in [7, 11) is 0. The summed E-state index contributed by atoms with van der Waals surface area (Å²) in [5.74, 6) is 0.0789. The van der Waals surface area contributed by atoms with Crippen LogP contribution < -0.4 is 0 Å². The summed E-state index contributed by atoms with van der Waals surface area (Å²) >= 11 is 7.98. The first kappa shape index (κ1) is 29.4. The Hall–Kier alpha value is -3.12. The molecule has 5 rings (SSSR count). The number of nitrogens with zero attached hydrogens (tertiary/aromatic N) is 1. The van der Waals surface area contributed by atoms with Crippen molar-refractivity contribution in [2.45, 2.75) is 62.9 Å². The predicted octanol–water partition coefficient (Wildman–Crippen LogP) is 8.81. The highest BCUT2D eigenvalue weighted by Gasteiger charge is 2.44. The molecule has 2 N–H and O–H groups in total. The van der Waals surface area contributed by atoms with E-state index in [0.717, 1.165) is 65.6 Å². The molecular formula is C35H36ClNO3S. The Kier molecular flexibility index (Phi) is 8.88. The second kappa shape index (κ2) is 12.4. The van der Waals surface area contributed by atoms with Gasteiger partial charge in [-0.2, -0.15) is 0 Å². The van der Waals surface area contributed by atoms with Crippen molar-refractivity contribution in [1.29, 1.82) is 0 Å². The van der Waals surface area contributed by atoms with Gasteiger partial charge in [-0.1, -0.05) is 72.3 Å². The van der Waals surface area contributed by atoms with Gasteiger partial charge in [0.2, 0.25) is 0 Å². The van der Waals surface area contributed by atoms with Crippen LogP contribution in [0.5, 0.6) is 0 Å². The zero-order valence-electron chi connectivity index (χ0n) is 23.6. The van der Waals surface area contributed by atoms with Gasteiger partial charge in [0.25, 0.3) is 0 Å². The molecule has 0 aliphatic heterocycles. The molecule has 4 aromatic rings. The fourth-order valence-electron chi connectivity index (χ4n) is 5.38. The van der Waals surface area contributed by atoms with E-state index in [2.05, 4.69) is 36.4 Å². The minimum atomic E-state index is -0.882. The number of carboxylic acid groups (broad SMARTS) is 1. The lowest BCUT2D eigenvalue weighted by molar-refractivity contribution is -0.138. The second-order valence-corrected chi connectivity index (χ2v) is 13.1. The van der Waals surface area contributed by atoms with Crippen LogP contribution in [0.15, 0.2) is 77.7 Å². The first-order chi connectivity index (χ1) is 19.6. The van der Waals surface area contributed by atoms with Crippen molar-refractivity contribution in [3.63, 3.8) is 0 Å². The Labute approximate surface area is 251 Å². The maximum absolute atomic E-state index is 11.5. The van der Waals surface area contributed by atoms with Crippen molar-refractivity contribution >= 4 is 52.4 Å². The quantitative estimate of drug-likeness (QED) is 0.163. The molecule has 0 atom stereocenters. The Morgan fingerprint density at radius 2 is 1.73 bits per heavy atom. The number of carboxylic acids is 1. The van der Waals surface area contributed by atoms with Crippen LogP contribution in [0, 0.1) is 5.41 Å². The summed E-state index contributed by atoms with van der Waals surface area (Å²) in [5, 5.41) is 21.8. The number of halogens is 1. The molecule has 1 aromatic heterocycles. The Bertz CT molecular complexity index is 1590. The fourth-order valence-corrected chi connectivity index (χ4v) is 7.05. The zero-order valence-corrected chi connectivity index (χ0v) is 25.1. The Morgan fingerprint density at radius 1 is 1.00 bits per heavy atom. The van der Waals surface area contributed by atoms with Gasteiger partial charge in [-0.25, -0.2) is 4.98 Å². The van der Waals surface area contributed by atoms with E-state index in [-0.39, 0.29) is 11.8 Å². The van der Waals surface area contributed by atoms with E-state index >= 15 is 0 Å². The van der Waals surface area contributed by atoms with Crippen LogP contribution >= 0.6 is 23.4 Å². The number of hydrogen-bond donors (Lipinski definition) is 2. The summed E-state index contributed by atoms with van der Waals surface area (Å²) in [4.78, 5) is 17.5. The fraction of sp³-hybridized carbons (Fsp3) is 0.314. The van der Waals surface area contributed by atoms with Gasteiger partial charge in [0, 0.05) is 21.1 Å². The van der Waals surface area contributed by atoms with Crippen molar-refractivity contribution < 1.29 is 15.0 Å². The van der Waals surface area contributed by atoms with E-state index < -0.39 is 11.6 Å². The van der Waals surface area contributed by atoms with Crippen LogP contribution in [0.25, 0.3) is 23.1 Å². The molecule has 0 radical (unpaired) electrons. The summed E-state index contributed by atoms with van der Waals surface area (Å²) in [6.07, 6.45) is 9.03. The Morgan fingerprint density at radius 3 is 2.49 bits per heavy atom. The number of carbonyl (C=O) groups is 1. The third kappa shape index (κ3) is 7.59. The van der Waals surface area contributed by atoms with Crippen LogP contribution in [0.4, 0.5) is 0 Å². The molecule has 0 spiro atoms. The molecule has 212 valence electrons. The van der Waals surface area contributed by atoms with E-state index in [0.29, 0.717) is 5.02 Å². The minimum Gasteiger partial charge on any atom is -0.481 e. The minimum absolute atomic E-state index is 0.102. The van der Waals surface area contributed by atoms with Gasteiger partial charge in [0.05, 0.1) is 23.2 Å². The van der Waals surface area contributed by atoms with Crippen molar-refractivity contribution in [2.24, 2.45) is 5.41 Å². The molecule has 0 unspecified atom stereocenters. The van der Waals surface area contributed by atoms with Crippen molar-refractivity contribution in [3.05, 3.63) is 106 Å². The van der Waals surface area contributed by atoms with E-state index in [9.17, 15) is 15.0 Å². The number of fused-ring (bicyclic) bond motifs is 1. The van der Waals surface area contributed by atoms with Gasteiger partial charge in [0.1, 0.15) is 0 Å². The molecule has 41 heavy (non-hydrogen) atoms. The van der Waals surface area contributed by atoms with Crippen molar-refractivity contribution in [1.82, 2.24) is 4.98 Å². The summed E-state index contributed by atoms with van der Waals surface area (Å²) < 4.78 is 0. The van der Waals surface area contributed by atoms with Crippen LogP contribution in [-0.4, -0.2) is 26.9 Å². The molecule has 4 nitrogen and oxygen atoms in total. The molecule has 3 aromatic carbocycles. The van der Waals surface area contributed by atoms with E-state index in [4.69, 9.17) is 16.6 Å². The standard InChI is InChI=1S/C35H36ClNO3S/c1-34(2,40)30-12-4-3-7-24(30)8-5-9-26-10-6-11-27(33(26)41-23-35(19-20-35)22-32(38)39)15-18-29-17-14-25-13-16-28(36)21-31(25)37-29/h3-4,6-7,10-18,21,40H,5,8-9,19-20,22-23H2,1-2H3,(H,38,39)/b18-15+. The zero-order chi connectivity index (χ0) is 29.0. The van der Waals surface area contributed by atoms with Crippen LogP contribution in [0.3, 0.4) is 0 Å². The molecule has 0 saturated heterocycles. The second-order valence-electron chi connectivity index (χ2n) is 11.7. The third-order valence-electron chi connectivity index (χ3n) is 7.81. The number of aromatic nitrogens is 1. The largest absolute Gasteiger partial charge is 0.481 e. The lowest BCUT2D eigenvalue weighted by atomic mass is 9.90. The molecule has 1 saturated carbocycles. The van der Waals surface area contributed by atoms with Gasteiger partial charge >= 0.3 is 5.97 Å². The number of benzene rings is 3. The van der Waals surface area contributed by atoms with E-state index in [1.807, 2.05) is 62.4 Å². The molecule has 6 heteroatoms. The van der Waals surface area contributed by atoms with Gasteiger partial charge in [-0.3, -0.25) is 4.79 Å². The van der Waals surface area contributed by atoms with E-state index in [1.165, 1.54) is 16.0 Å². The number of hydrogen-bond acceptors (Lipinski definition) is 4. The van der Waals surface area contributed by atoms with Crippen molar-refractivity contribution in [3.8, 4) is 0 Å². The SMILES string of the molecule is CC(C)(O)c1ccccc1CCCc1cccc(/C=C/c2ccc3ccc(Cl)cc3n2)c1SCC1(CC(=O)O)CC1. The highest BCUT2D eigenvalue weighted by Crippen LogP contribution is 2.52. The van der Waals surface area contributed by atoms with E-state index in [1.54, 1.807) is 11.8 Å². The molecule has 1 aliphatic rings. The van der Waals surface area contributed by atoms with Gasteiger partial charge in [-0.05, 0) is 97.9 Å². The molecule has 0 amide bonds. The number of thioether (sulfide) groups is 1. The highest BCUT2D eigenvalue weighted by molar-refractivity contribution is 7.99. The van der Waals surface area contributed by atoms with Gasteiger partial charge < -0.3 is 10.2 Å². The first-order valence-corrected chi connectivity index (χ1v) is 15.5. The Balaban J connectivity index is 1.39. The molecule has 0 bridgehead atoms. The predicted molar refractivity (Wildman–Crippen MR) is 170 cm³/mol. The molecule has 1 fully saturated rings. The molecule has 1 aliphatic carbocycles. The number of aryl methyl sites for hydroxylation is 2. The number of rotatable bonds is 12. The molecular weight excluding hydrogens is 550 g/mol. The van der Waals surface area contributed by atoms with Gasteiger partial charge in [-0.15, -0.1) is 11.8 Å². The lowest BCUT2D eigenvalue weighted by Gasteiger charge is -2.22. The van der Waals surface area contributed by atoms with Crippen LogP contribution in [0.1, 0.15) is 67.5 Å². The average Bonchev–Trinajstić information content (AvgIpc) is 3.69. The number of aliphatic hydroxyl groups is 1. The maximum Gasteiger partial charge on any atom is 0.303 e. The monoisotopic (exact) mass is 585 g/mol. The van der Waals surface area contributed by atoms with Crippen LogP contribution in [0.2, 0.25) is 5.02 Å². The highest BCUT2D eigenvalue weighted by atomic mass is 35.5. The lowest BCUT2D eigenvalue weighted by Crippen LogP contribution is -2.18. The number of pyridine rings is 1.